The van der Waals surface area contributed by atoms with Crippen LogP contribution in [-0.2, 0) is 0 Å². The Hall–Kier alpha value is 0. The van der Waals surface area contributed by atoms with Crippen LogP contribution in [-0.4, -0.2) is 0 Å². The van der Waals surface area contributed by atoms with Crippen LogP contribution in [0.2, 0.25) is 0 Å². The molecule has 0 aromatic rings. The summed E-state index contributed by atoms with van der Waals surface area (Å²) in [4.78, 5) is 0. The molecule has 0 spiro atoms. The quantitative estimate of drug-likeness (QED) is 0.488. The maximum atomic E-state index is 2.36. The summed E-state index contributed by atoms with van der Waals surface area (Å²) in [5.74, 6) is 2.19. The van der Waals surface area contributed by atoms with Crippen molar-refractivity contribution in [3.8, 4) is 0 Å². The predicted molar refractivity (Wildman–Crippen MR) is 92.4 cm³/mol. The molecule has 0 amide bonds. The highest BCUT2D eigenvalue weighted by molar-refractivity contribution is 5.02. The second-order valence-corrected chi connectivity index (χ2v) is 8.97. The summed E-state index contributed by atoms with van der Waals surface area (Å²) >= 11 is 0. The van der Waals surface area contributed by atoms with E-state index in [1.54, 1.807) is 70.6 Å². The molecule has 0 nitrogen and oxygen atoms in total. The maximum Gasteiger partial charge on any atom is -0.0269 e. The van der Waals surface area contributed by atoms with Gasteiger partial charge in [-0.3, -0.25) is 0 Å². The molecule has 4 fully saturated rings. The molecule has 0 unspecified atom stereocenters. The molecule has 4 rings (SSSR count). The number of rotatable bonds is 6. The largest absolute Gasteiger partial charge is 0.0654 e. The van der Waals surface area contributed by atoms with Gasteiger partial charge in [0.1, 0.15) is 0 Å². The Kier molecular flexibility index (Phi) is 5.01. The summed E-state index contributed by atoms with van der Waals surface area (Å²) in [6.45, 7) is 4.73. The second-order valence-electron chi connectivity index (χ2n) is 8.97. The first-order chi connectivity index (χ1) is 10.2. The summed E-state index contributed by atoms with van der Waals surface area (Å²) in [6, 6.07) is 0. The number of hydrogen-bond acceptors (Lipinski definition) is 0. The number of hydrogen-bond donors (Lipinski definition) is 0. The highest BCUT2D eigenvalue weighted by Crippen LogP contribution is 2.63. The smallest absolute Gasteiger partial charge is 0.0269 e. The van der Waals surface area contributed by atoms with Gasteiger partial charge < -0.3 is 0 Å². The van der Waals surface area contributed by atoms with Gasteiger partial charge in [-0.15, -0.1) is 0 Å². The van der Waals surface area contributed by atoms with E-state index in [0.717, 1.165) is 22.7 Å². The first-order valence-corrected chi connectivity index (χ1v) is 10.2. The molecule has 0 N–H and O–H groups in total. The lowest BCUT2D eigenvalue weighted by molar-refractivity contribution is -0.0653. The van der Waals surface area contributed by atoms with Gasteiger partial charge in [0.05, 0.1) is 0 Å². The van der Waals surface area contributed by atoms with Gasteiger partial charge in [-0.05, 0) is 80.5 Å². The molecule has 0 heteroatoms. The van der Waals surface area contributed by atoms with E-state index in [2.05, 4.69) is 13.8 Å². The summed E-state index contributed by atoms with van der Waals surface area (Å²) in [5, 5.41) is 0. The lowest BCUT2D eigenvalue weighted by Gasteiger charge is -2.58. The Bertz CT molecular complexity index is 296. The van der Waals surface area contributed by atoms with E-state index in [0.29, 0.717) is 0 Å². The van der Waals surface area contributed by atoms with E-state index < -0.39 is 0 Å². The molecule has 0 aliphatic heterocycles. The third kappa shape index (κ3) is 3.20. The van der Waals surface area contributed by atoms with Crippen LogP contribution in [0.1, 0.15) is 110 Å². The Morgan fingerprint density at radius 1 is 0.762 bits per heavy atom. The van der Waals surface area contributed by atoms with E-state index in [1.165, 1.54) is 25.7 Å². The van der Waals surface area contributed by atoms with Crippen molar-refractivity contribution in [2.75, 3.05) is 0 Å². The molecule has 0 aromatic heterocycles. The van der Waals surface area contributed by atoms with Gasteiger partial charge in [0.15, 0.2) is 0 Å². The van der Waals surface area contributed by atoms with Crippen molar-refractivity contribution in [2.45, 2.75) is 110 Å². The fourth-order valence-corrected chi connectivity index (χ4v) is 6.30. The molecule has 2 bridgehead atoms. The lowest BCUT2D eigenvalue weighted by Crippen LogP contribution is -2.46. The predicted octanol–water partition coefficient (Wildman–Crippen LogP) is 7.12. The molecular formula is C21H38. The average Bonchev–Trinajstić information content (AvgIpc) is 2.56. The summed E-state index contributed by atoms with van der Waals surface area (Å²) < 4.78 is 0. The van der Waals surface area contributed by atoms with Crippen molar-refractivity contribution in [1.29, 1.82) is 0 Å². The normalized spacial score (nSPS) is 43.1. The van der Waals surface area contributed by atoms with Crippen molar-refractivity contribution < 1.29 is 0 Å². The minimum atomic E-state index is 0.803. The third-order valence-corrected chi connectivity index (χ3v) is 7.93. The fourth-order valence-electron chi connectivity index (χ4n) is 6.30. The zero-order chi connectivity index (χ0) is 14.8. The molecule has 4 aliphatic carbocycles. The van der Waals surface area contributed by atoms with Crippen molar-refractivity contribution in [3.05, 3.63) is 0 Å². The zero-order valence-electron chi connectivity index (χ0n) is 14.8. The van der Waals surface area contributed by atoms with E-state index in [-0.39, 0.29) is 0 Å². The lowest BCUT2D eigenvalue weighted by atomic mass is 9.47. The summed E-state index contributed by atoms with van der Waals surface area (Å²) in [7, 11) is 0. The molecule has 4 saturated carbocycles. The van der Waals surface area contributed by atoms with Crippen LogP contribution in [0.4, 0.5) is 0 Å². The molecular weight excluding hydrogens is 252 g/mol. The van der Waals surface area contributed by atoms with E-state index in [4.69, 9.17) is 0 Å². The van der Waals surface area contributed by atoms with Gasteiger partial charge in [0.2, 0.25) is 0 Å². The Labute approximate surface area is 133 Å². The van der Waals surface area contributed by atoms with Crippen LogP contribution in [0.25, 0.3) is 0 Å². The molecule has 0 atom stereocenters. The number of unbranched alkanes of at least 4 members (excludes halogenated alkanes) is 1. The van der Waals surface area contributed by atoms with Crippen molar-refractivity contribution >= 4 is 0 Å². The maximum absolute atomic E-state index is 2.36. The Morgan fingerprint density at radius 3 is 1.90 bits per heavy atom. The van der Waals surface area contributed by atoms with E-state index >= 15 is 0 Å². The Morgan fingerprint density at radius 2 is 1.38 bits per heavy atom. The van der Waals surface area contributed by atoms with Crippen LogP contribution in [0, 0.1) is 22.7 Å². The van der Waals surface area contributed by atoms with Gasteiger partial charge >= 0.3 is 0 Å². The van der Waals surface area contributed by atoms with Crippen molar-refractivity contribution in [1.82, 2.24) is 0 Å². The highest BCUT2D eigenvalue weighted by Gasteiger charge is 2.51. The van der Waals surface area contributed by atoms with Crippen LogP contribution < -0.4 is 0 Å². The highest BCUT2D eigenvalue weighted by atomic mass is 14.6. The van der Waals surface area contributed by atoms with Gasteiger partial charge in [0, 0.05) is 0 Å². The molecule has 0 radical (unpaired) electrons. The molecule has 0 aromatic carbocycles. The van der Waals surface area contributed by atoms with Gasteiger partial charge in [0.25, 0.3) is 0 Å². The van der Waals surface area contributed by atoms with Gasteiger partial charge in [-0.2, -0.15) is 0 Å². The summed E-state index contributed by atoms with van der Waals surface area (Å²) in [5.41, 5.74) is 1.61. The SMILES string of the molecule is CCCCC12CCC([C@H]3CC[C@H](CCC)CC3)(CC1)CC2. The van der Waals surface area contributed by atoms with Crippen LogP contribution in [0.3, 0.4) is 0 Å². The minimum Gasteiger partial charge on any atom is -0.0654 e. The zero-order valence-corrected chi connectivity index (χ0v) is 14.8. The second kappa shape index (κ2) is 6.63. The van der Waals surface area contributed by atoms with Crippen LogP contribution in [0.15, 0.2) is 0 Å². The molecule has 0 saturated heterocycles. The molecule has 122 valence electrons. The molecule has 21 heavy (non-hydrogen) atoms. The molecule has 0 heterocycles. The first kappa shape index (κ1) is 15.9. The molecule has 4 aliphatic rings. The van der Waals surface area contributed by atoms with Gasteiger partial charge in [-0.25, -0.2) is 0 Å². The van der Waals surface area contributed by atoms with Crippen LogP contribution in [0.5, 0.6) is 0 Å². The van der Waals surface area contributed by atoms with E-state index in [1.807, 2.05) is 0 Å². The first-order valence-electron chi connectivity index (χ1n) is 10.2. The van der Waals surface area contributed by atoms with Gasteiger partial charge in [-0.1, -0.05) is 52.4 Å². The van der Waals surface area contributed by atoms with Crippen LogP contribution >= 0.6 is 0 Å². The fraction of sp³-hybridized carbons (Fsp3) is 1.00. The topological polar surface area (TPSA) is 0 Å². The number of fused-ring (bicyclic) bond motifs is 3. The monoisotopic (exact) mass is 290 g/mol. The summed E-state index contributed by atoms with van der Waals surface area (Å²) in [6.07, 6.45) is 23.1. The van der Waals surface area contributed by atoms with Crippen molar-refractivity contribution in [3.63, 3.8) is 0 Å². The third-order valence-electron chi connectivity index (χ3n) is 7.93. The van der Waals surface area contributed by atoms with Crippen molar-refractivity contribution in [2.24, 2.45) is 22.7 Å². The minimum absolute atomic E-state index is 0.803. The Balaban J connectivity index is 1.54. The standard InChI is InChI=1S/C21H38/c1-3-5-11-20-12-15-21(16-13-20,17-14-20)19-9-7-18(6-4-2)8-10-19/h18-19H,3-17H2,1-2H3/t18-,19-,20?,21?. The van der Waals surface area contributed by atoms with E-state index in [9.17, 15) is 0 Å². The average molecular weight is 291 g/mol.